The van der Waals surface area contributed by atoms with E-state index < -0.39 is 17.6 Å². The topological polar surface area (TPSA) is 50.2 Å². The first kappa shape index (κ1) is 13.9. The van der Waals surface area contributed by atoms with Crippen molar-refractivity contribution in [2.75, 3.05) is 0 Å². The summed E-state index contributed by atoms with van der Waals surface area (Å²) in [6.45, 7) is 4.00. The van der Waals surface area contributed by atoms with Crippen molar-refractivity contribution in [2.24, 2.45) is 5.92 Å². The summed E-state index contributed by atoms with van der Waals surface area (Å²) in [6.07, 6.45) is 1.45. The Bertz CT molecular complexity index is 758. The quantitative estimate of drug-likeness (QED) is 0.867. The zero-order valence-electron chi connectivity index (χ0n) is 11.8. The van der Waals surface area contributed by atoms with E-state index in [9.17, 15) is 18.7 Å². The second kappa shape index (κ2) is 4.76. The number of rotatable bonds is 1. The first-order valence-corrected chi connectivity index (χ1v) is 6.93. The van der Waals surface area contributed by atoms with Crippen LogP contribution in [0, 0.1) is 17.6 Å². The van der Waals surface area contributed by atoms with Crippen LogP contribution in [0.4, 0.5) is 8.78 Å². The maximum absolute atomic E-state index is 14.1. The summed E-state index contributed by atoms with van der Waals surface area (Å²) >= 11 is 0. The van der Waals surface area contributed by atoms with Crippen LogP contribution in [0.3, 0.4) is 0 Å². The van der Waals surface area contributed by atoms with E-state index in [0.717, 1.165) is 12.5 Å². The lowest BCUT2D eigenvalue weighted by Crippen LogP contribution is -2.21. The van der Waals surface area contributed by atoms with E-state index in [2.05, 4.69) is 4.98 Å². The fraction of sp³-hybridized carbons (Fsp3) is 0.375. The van der Waals surface area contributed by atoms with E-state index in [1.807, 2.05) is 13.8 Å². The minimum Gasteiger partial charge on any atom is -0.478 e. The largest absolute Gasteiger partial charge is 0.478 e. The van der Waals surface area contributed by atoms with Crippen molar-refractivity contribution in [2.45, 2.75) is 32.6 Å². The number of hydrogen-bond donors (Lipinski definition) is 1. The second-order valence-electron chi connectivity index (χ2n) is 5.88. The van der Waals surface area contributed by atoms with Gasteiger partial charge in [-0.25, -0.2) is 13.6 Å². The van der Waals surface area contributed by atoms with E-state index in [1.54, 1.807) is 0 Å². The second-order valence-corrected chi connectivity index (χ2v) is 5.88. The fourth-order valence-electron chi connectivity index (χ4n) is 3.37. The third-order valence-corrected chi connectivity index (χ3v) is 4.13. The van der Waals surface area contributed by atoms with Crippen molar-refractivity contribution in [3.63, 3.8) is 0 Å². The van der Waals surface area contributed by atoms with Gasteiger partial charge in [0.1, 0.15) is 11.6 Å². The van der Waals surface area contributed by atoms with Gasteiger partial charge in [-0.1, -0.05) is 13.8 Å². The number of fused-ring (bicyclic) bond motifs is 2. The standard InChI is InChI=1S/C16H15F2NO2/c1-7-3-8(2)15-10(4-7)13(16(20)21)14-11(18)5-9(17)6-12(14)19-15/h5-8H,3-4H2,1-2H3,(H,20,21). The Labute approximate surface area is 120 Å². The fourth-order valence-corrected chi connectivity index (χ4v) is 3.37. The summed E-state index contributed by atoms with van der Waals surface area (Å²) in [7, 11) is 0. The molecular formula is C16H15F2NO2. The average Bonchev–Trinajstić information content (AvgIpc) is 2.36. The third kappa shape index (κ3) is 2.17. The van der Waals surface area contributed by atoms with Crippen LogP contribution in [0.5, 0.6) is 0 Å². The summed E-state index contributed by atoms with van der Waals surface area (Å²) in [5.41, 5.74) is 1.26. The molecule has 21 heavy (non-hydrogen) atoms. The molecule has 0 saturated carbocycles. The van der Waals surface area contributed by atoms with Crippen LogP contribution in [0.1, 0.15) is 47.8 Å². The van der Waals surface area contributed by atoms with Crippen LogP contribution in [-0.2, 0) is 6.42 Å². The lowest BCUT2D eigenvalue weighted by Gasteiger charge is -2.28. The molecule has 5 heteroatoms. The highest BCUT2D eigenvalue weighted by atomic mass is 19.1. The third-order valence-electron chi connectivity index (χ3n) is 4.13. The maximum Gasteiger partial charge on any atom is 0.336 e. The van der Waals surface area contributed by atoms with Crippen molar-refractivity contribution in [1.82, 2.24) is 4.98 Å². The number of carboxylic acids is 1. The molecule has 110 valence electrons. The van der Waals surface area contributed by atoms with E-state index in [4.69, 9.17) is 0 Å². The van der Waals surface area contributed by atoms with Gasteiger partial charge in [0.25, 0.3) is 0 Å². The molecule has 0 radical (unpaired) electrons. The first-order valence-electron chi connectivity index (χ1n) is 6.93. The predicted octanol–water partition coefficient (Wildman–Crippen LogP) is 3.90. The van der Waals surface area contributed by atoms with E-state index in [1.165, 1.54) is 0 Å². The number of pyridine rings is 1. The van der Waals surface area contributed by atoms with Gasteiger partial charge in [-0.3, -0.25) is 4.98 Å². The summed E-state index contributed by atoms with van der Waals surface area (Å²) < 4.78 is 27.5. The molecule has 0 fully saturated rings. The van der Waals surface area contributed by atoms with Crippen molar-refractivity contribution >= 4 is 16.9 Å². The predicted molar refractivity (Wildman–Crippen MR) is 74.5 cm³/mol. The highest BCUT2D eigenvalue weighted by Gasteiger charge is 2.30. The van der Waals surface area contributed by atoms with Crippen LogP contribution in [0.2, 0.25) is 0 Å². The number of carboxylic acid groups (broad SMARTS) is 1. The van der Waals surface area contributed by atoms with Gasteiger partial charge in [0.15, 0.2) is 0 Å². The molecular weight excluding hydrogens is 276 g/mol. The zero-order valence-corrected chi connectivity index (χ0v) is 11.8. The molecule has 0 bridgehead atoms. The number of benzene rings is 1. The van der Waals surface area contributed by atoms with Gasteiger partial charge in [-0.05, 0) is 30.2 Å². The molecule has 0 aliphatic heterocycles. The smallest absolute Gasteiger partial charge is 0.336 e. The van der Waals surface area contributed by atoms with E-state index >= 15 is 0 Å². The molecule has 0 saturated heterocycles. The summed E-state index contributed by atoms with van der Waals surface area (Å²) in [5.74, 6) is -2.42. The Hall–Kier alpha value is -2.04. The molecule has 3 nitrogen and oxygen atoms in total. The molecule has 1 aliphatic carbocycles. The molecule has 1 aliphatic rings. The average molecular weight is 291 g/mol. The van der Waals surface area contributed by atoms with Gasteiger partial charge in [-0.15, -0.1) is 0 Å². The first-order chi connectivity index (χ1) is 9.88. The summed E-state index contributed by atoms with van der Waals surface area (Å²) in [4.78, 5) is 16.0. The lowest BCUT2D eigenvalue weighted by molar-refractivity contribution is 0.0696. The molecule has 2 unspecified atom stereocenters. The van der Waals surface area contributed by atoms with Crippen molar-refractivity contribution in [3.05, 3.63) is 40.6 Å². The lowest BCUT2D eigenvalue weighted by atomic mass is 9.78. The zero-order chi connectivity index (χ0) is 15.3. The Morgan fingerprint density at radius 3 is 2.71 bits per heavy atom. The van der Waals surface area contributed by atoms with Crippen LogP contribution in [-0.4, -0.2) is 16.1 Å². The number of hydrogen-bond acceptors (Lipinski definition) is 2. The molecule has 1 heterocycles. The summed E-state index contributed by atoms with van der Waals surface area (Å²) in [5, 5.41) is 9.42. The minimum atomic E-state index is -1.19. The van der Waals surface area contributed by atoms with Gasteiger partial charge in [0, 0.05) is 17.8 Å². The number of aromatic nitrogens is 1. The number of carbonyl (C=O) groups is 1. The Morgan fingerprint density at radius 1 is 1.33 bits per heavy atom. The summed E-state index contributed by atoms with van der Waals surface area (Å²) in [6, 6.07) is 1.80. The van der Waals surface area contributed by atoms with Gasteiger partial charge in [-0.2, -0.15) is 0 Å². The number of nitrogens with zero attached hydrogens (tertiary/aromatic N) is 1. The van der Waals surface area contributed by atoms with Gasteiger partial charge >= 0.3 is 5.97 Å². The number of halogens is 2. The van der Waals surface area contributed by atoms with Crippen molar-refractivity contribution < 1.29 is 18.7 Å². The molecule has 2 aromatic rings. The van der Waals surface area contributed by atoms with Crippen LogP contribution >= 0.6 is 0 Å². The van der Waals surface area contributed by atoms with E-state index in [-0.39, 0.29) is 22.4 Å². The molecule has 1 aromatic carbocycles. The normalized spacial score (nSPS) is 21.3. The minimum absolute atomic E-state index is 0.0640. The van der Waals surface area contributed by atoms with Gasteiger partial charge in [0.2, 0.25) is 0 Å². The highest BCUT2D eigenvalue weighted by Crippen LogP contribution is 2.38. The van der Waals surface area contributed by atoms with Gasteiger partial charge in [0.05, 0.1) is 16.5 Å². The van der Waals surface area contributed by atoms with Crippen LogP contribution < -0.4 is 0 Å². The SMILES string of the molecule is CC1Cc2c(nc3cc(F)cc(F)c3c2C(=O)O)C(C)C1. The molecule has 3 rings (SSSR count). The van der Waals surface area contributed by atoms with Crippen molar-refractivity contribution in [1.29, 1.82) is 0 Å². The van der Waals surface area contributed by atoms with E-state index in [0.29, 0.717) is 29.7 Å². The molecule has 0 amide bonds. The highest BCUT2D eigenvalue weighted by molar-refractivity contribution is 6.04. The molecule has 1 aromatic heterocycles. The monoisotopic (exact) mass is 291 g/mol. The van der Waals surface area contributed by atoms with Crippen molar-refractivity contribution in [3.8, 4) is 0 Å². The van der Waals surface area contributed by atoms with Gasteiger partial charge < -0.3 is 5.11 Å². The Kier molecular flexibility index (Phi) is 3.15. The van der Waals surface area contributed by atoms with Crippen LogP contribution in [0.15, 0.2) is 12.1 Å². The molecule has 2 atom stereocenters. The molecule has 1 N–H and O–H groups in total. The molecule has 0 spiro atoms. The number of aromatic carboxylic acids is 1. The van der Waals surface area contributed by atoms with Crippen LogP contribution in [0.25, 0.3) is 10.9 Å². The maximum atomic E-state index is 14.1. The Morgan fingerprint density at radius 2 is 2.05 bits per heavy atom. The Balaban J connectivity index is 2.45.